The van der Waals surface area contributed by atoms with Crippen molar-refractivity contribution in [2.24, 2.45) is 0 Å². The molecule has 0 aliphatic carbocycles. The largest absolute Gasteiger partial charge is 0.478 e. The van der Waals surface area contributed by atoms with Crippen LogP contribution in [-0.2, 0) is 12.8 Å². The molecule has 0 fully saturated rings. The van der Waals surface area contributed by atoms with E-state index in [1.807, 2.05) is 48.5 Å². The Hall–Kier alpha value is -2.61. The number of carboxylic acid groups (broad SMARTS) is 1. The van der Waals surface area contributed by atoms with Crippen LogP contribution in [0.25, 0.3) is 10.8 Å². The molecular formula is C19H16O2. The maximum absolute atomic E-state index is 11.5. The minimum atomic E-state index is -0.858. The van der Waals surface area contributed by atoms with Gasteiger partial charge in [-0.1, -0.05) is 60.7 Å². The Bertz CT molecular complexity index is 776. The Morgan fingerprint density at radius 2 is 1.52 bits per heavy atom. The van der Waals surface area contributed by atoms with Crippen molar-refractivity contribution in [3.8, 4) is 0 Å². The van der Waals surface area contributed by atoms with Crippen LogP contribution in [0.15, 0.2) is 66.7 Å². The van der Waals surface area contributed by atoms with Gasteiger partial charge in [-0.2, -0.15) is 0 Å². The minimum absolute atomic E-state index is 0.407. The third-order valence-corrected chi connectivity index (χ3v) is 3.78. The van der Waals surface area contributed by atoms with E-state index < -0.39 is 5.97 Å². The second kappa shape index (κ2) is 5.80. The van der Waals surface area contributed by atoms with Crippen LogP contribution in [0.5, 0.6) is 0 Å². The van der Waals surface area contributed by atoms with Gasteiger partial charge in [0.1, 0.15) is 0 Å². The number of rotatable bonds is 4. The highest BCUT2D eigenvalue weighted by atomic mass is 16.4. The number of aromatic carboxylic acids is 1. The Morgan fingerprint density at radius 1 is 0.810 bits per heavy atom. The minimum Gasteiger partial charge on any atom is -0.478 e. The highest BCUT2D eigenvalue weighted by Gasteiger charge is 2.13. The standard InChI is InChI=1S/C19H16O2/c20-19(21)18-13-11-15-8-4-5-9-16(15)17(18)12-10-14-6-2-1-3-7-14/h1-9,11,13H,10,12H2,(H,20,21). The van der Waals surface area contributed by atoms with Gasteiger partial charge in [0.15, 0.2) is 0 Å². The molecule has 0 aromatic heterocycles. The second-order valence-electron chi connectivity index (χ2n) is 5.10. The summed E-state index contributed by atoms with van der Waals surface area (Å²) in [4.78, 5) is 11.5. The molecule has 0 spiro atoms. The molecule has 21 heavy (non-hydrogen) atoms. The van der Waals surface area contributed by atoms with Gasteiger partial charge >= 0.3 is 5.97 Å². The molecule has 1 N–H and O–H groups in total. The Morgan fingerprint density at radius 3 is 2.29 bits per heavy atom. The monoisotopic (exact) mass is 276 g/mol. The Kier molecular flexibility index (Phi) is 3.69. The SMILES string of the molecule is O=C(O)c1ccc2ccccc2c1CCc1ccccc1. The lowest BCUT2D eigenvalue weighted by molar-refractivity contribution is 0.0696. The number of benzene rings is 3. The molecule has 0 atom stereocenters. The molecule has 0 radical (unpaired) electrons. The summed E-state index contributed by atoms with van der Waals surface area (Å²) in [6.07, 6.45) is 1.57. The van der Waals surface area contributed by atoms with Crippen LogP contribution in [0.3, 0.4) is 0 Å². The van der Waals surface area contributed by atoms with Crippen molar-refractivity contribution in [2.75, 3.05) is 0 Å². The predicted molar refractivity (Wildman–Crippen MR) is 84.8 cm³/mol. The van der Waals surface area contributed by atoms with E-state index in [4.69, 9.17) is 0 Å². The van der Waals surface area contributed by atoms with Crippen molar-refractivity contribution in [2.45, 2.75) is 12.8 Å². The molecular weight excluding hydrogens is 260 g/mol. The fourth-order valence-corrected chi connectivity index (χ4v) is 2.72. The predicted octanol–water partition coefficient (Wildman–Crippen LogP) is 4.32. The molecule has 0 bridgehead atoms. The number of carbonyl (C=O) groups is 1. The van der Waals surface area contributed by atoms with Gasteiger partial charge in [0.05, 0.1) is 5.56 Å². The summed E-state index contributed by atoms with van der Waals surface area (Å²) in [5.41, 5.74) is 2.55. The molecule has 0 aliphatic heterocycles. The summed E-state index contributed by atoms with van der Waals surface area (Å²) in [5, 5.41) is 11.5. The van der Waals surface area contributed by atoms with Crippen LogP contribution in [0.2, 0.25) is 0 Å². The lowest BCUT2D eigenvalue weighted by atomic mass is 9.94. The normalized spacial score (nSPS) is 10.7. The maximum Gasteiger partial charge on any atom is 0.335 e. The van der Waals surface area contributed by atoms with Crippen molar-refractivity contribution in [1.29, 1.82) is 0 Å². The van der Waals surface area contributed by atoms with Gasteiger partial charge in [-0.25, -0.2) is 4.79 Å². The molecule has 0 saturated carbocycles. The zero-order chi connectivity index (χ0) is 14.7. The molecule has 3 aromatic rings. The van der Waals surface area contributed by atoms with Crippen LogP contribution in [0.4, 0.5) is 0 Å². The molecule has 0 unspecified atom stereocenters. The molecule has 0 saturated heterocycles. The van der Waals surface area contributed by atoms with Gasteiger partial charge in [-0.3, -0.25) is 0 Å². The van der Waals surface area contributed by atoms with E-state index >= 15 is 0 Å². The Labute approximate surface area is 123 Å². The summed E-state index contributed by atoms with van der Waals surface area (Å²) in [7, 11) is 0. The molecule has 0 heterocycles. The zero-order valence-electron chi connectivity index (χ0n) is 11.6. The van der Waals surface area contributed by atoms with E-state index in [-0.39, 0.29) is 0 Å². The van der Waals surface area contributed by atoms with Gasteiger partial charge in [0, 0.05) is 0 Å². The molecule has 3 rings (SSSR count). The van der Waals surface area contributed by atoms with Crippen LogP contribution < -0.4 is 0 Å². The van der Waals surface area contributed by atoms with E-state index in [2.05, 4.69) is 12.1 Å². The van der Waals surface area contributed by atoms with E-state index in [1.54, 1.807) is 6.07 Å². The summed E-state index contributed by atoms with van der Waals surface area (Å²) in [5.74, 6) is -0.858. The van der Waals surface area contributed by atoms with Gasteiger partial charge in [0.2, 0.25) is 0 Å². The number of hydrogen-bond donors (Lipinski definition) is 1. The lowest BCUT2D eigenvalue weighted by Gasteiger charge is -2.10. The van der Waals surface area contributed by atoms with Gasteiger partial charge in [0.25, 0.3) is 0 Å². The molecule has 2 heteroatoms. The van der Waals surface area contributed by atoms with E-state index in [0.29, 0.717) is 5.56 Å². The van der Waals surface area contributed by atoms with Crippen molar-refractivity contribution >= 4 is 16.7 Å². The fraction of sp³-hybridized carbons (Fsp3) is 0.105. The molecule has 0 aliphatic rings. The van der Waals surface area contributed by atoms with Crippen molar-refractivity contribution in [3.63, 3.8) is 0 Å². The van der Waals surface area contributed by atoms with Gasteiger partial charge < -0.3 is 5.11 Å². The van der Waals surface area contributed by atoms with Gasteiger partial charge in [-0.15, -0.1) is 0 Å². The van der Waals surface area contributed by atoms with E-state index in [9.17, 15) is 9.90 Å². The third kappa shape index (κ3) is 2.79. The summed E-state index contributed by atoms with van der Waals surface area (Å²) < 4.78 is 0. The number of hydrogen-bond acceptors (Lipinski definition) is 1. The average Bonchev–Trinajstić information content (AvgIpc) is 2.53. The zero-order valence-corrected chi connectivity index (χ0v) is 11.6. The third-order valence-electron chi connectivity index (χ3n) is 3.78. The quantitative estimate of drug-likeness (QED) is 0.770. The van der Waals surface area contributed by atoms with Crippen LogP contribution in [0, 0.1) is 0 Å². The van der Waals surface area contributed by atoms with Crippen LogP contribution >= 0.6 is 0 Å². The molecule has 2 nitrogen and oxygen atoms in total. The summed E-state index contributed by atoms with van der Waals surface area (Å²) in [6.45, 7) is 0. The van der Waals surface area contributed by atoms with Crippen molar-refractivity contribution in [3.05, 3.63) is 83.4 Å². The fourth-order valence-electron chi connectivity index (χ4n) is 2.72. The smallest absolute Gasteiger partial charge is 0.335 e. The van der Waals surface area contributed by atoms with E-state index in [0.717, 1.165) is 29.2 Å². The van der Waals surface area contributed by atoms with E-state index in [1.165, 1.54) is 5.56 Å². The topological polar surface area (TPSA) is 37.3 Å². The Balaban J connectivity index is 2.02. The van der Waals surface area contributed by atoms with Crippen molar-refractivity contribution in [1.82, 2.24) is 0 Å². The van der Waals surface area contributed by atoms with Crippen LogP contribution in [0.1, 0.15) is 21.5 Å². The number of aryl methyl sites for hydroxylation is 2. The highest BCUT2D eigenvalue weighted by molar-refractivity contribution is 5.97. The first kappa shape index (κ1) is 13.4. The summed E-state index contributed by atoms with van der Waals surface area (Å²) in [6, 6.07) is 21.7. The second-order valence-corrected chi connectivity index (χ2v) is 5.10. The number of carboxylic acids is 1. The highest BCUT2D eigenvalue weighted by Crippen LogP contribution is 2.24. The van der Waals surface area contributed by atoms with Crippen molar-refractivity contribution < 1.29 is 9.90 Å². The summed E-state index contributed by atoms with van der Waals surface area (Å²) >= 11 is 0. The molecule has 104 valence electrons. The first-order valence-corrected chi connectivity index (χ1v) is 7.03. The van der Waals surface area contributed by atoms with Crippen LogP contribution in [-0.4, -0.2) is 11.1 Å². The molecule has 0 amide bonds. The average molecular weight is 276 g/mol. The first-order chi connectivity index (χ1) is 10.3. The molecule has 3 aromatic carbocycles. The first-order valence-electron chi connectivity index (χ1n) is 7.03. The van der Waals surface area contributed by atoms with Gasteiger partial charge in [-0.05, 0) is 40.8 Å². The lowest BCUT2D eigenvalue weighted by Crippen LogP contribution is -2.04. The number of fused-ring (bicyclic) bond motifs is 1. The maximum atomic E-state index is 11.5.